The van der Waals surface area contributed by atoms with E-state index < -0.39 is 13.2 Å². The van der Waals surface area contributed by atoms with E-state index in [1.807, 2.05) is 81.4 Å². The second-order valence-corrected chi connectivity index (χ2v) is 9.86. The molecule has 0 aromatic heterocycles. The van der Waals surface area contributed by atoms with Crippen LogP contribution in [0, 0.1) is 6.92 Å². The predicted octanol–water partition coefficient (Wildman–Crippen LogP) is 7.29. The van der Waals surface area contributed by atoms with Gasteiger partial charge in [0.05, 0.1) is 18.5 Å². The van der Waals surface area contributed by atoms with Gasteiger partial charge in [0.25, 0.3) is 0 Å². The molecular formula is C27H29O4P. The fraction of sp³-hybridized carbons (Fsp3) is 0.259. The summed E-state index contributed by atoms with van der Waals surface area (Å²) in [7, 11) is -3.57. The third-order valence-electron chi connectivity index (χ3n) is 5.68. The first-order valence-corrected chi connectivity index (χ1v) is 12.6. The van der Waals surface area contributed by atoms with E-state index in [1.165, 1.54) is 0 Å². The topological polar surface area (TPSA) is 44.8 Å². The molecule has 0 aliphatic carbocycles. The van der Waals surface area contributed by atoms with Crippen molar-refractivity contribution in [3.63, 3.8) is 0 Å². The van der Waals surface area contributed by atoms with Crippen molar-refractivity contribution in [3.05, 3.63) is 112 Å². The zero-order valence-corrected chi connectivity index (χ0v) is 19.7. The first-order chi connectivity index (χ1) is 15.5. The summed E-state index contributed by atoms with van der Waals surface area (Å²) in [5.41, 5.74) is 3.15. The summed E-state index contributed by atoms with van der Waals surface area (Å²) in [6, 6.07) is 28.2. The minimum atomic E-state index is -3.57. The van der Waals surface area contributed by atoms with E-state index in [4.69, 9.17) is 13.8 Å². The quantitative estimate of drug-likeness (QED) is 0.339. The van der Waals surface area contributed by atoms with Crippen molar-refractivity contribution in [3.8, 4) is 0 Å². The maximum Gasteiger partial charge on any atom is 0.361 e. The van der Waals surface area contributed by atoms with Crippen molar-refractivity contribution in [2.24, 2.45) is 0 Å². The molecule has 0 radical (unpaired) electrons. The molecule has 4 nitrogen and oxygen atoms in total. The summed E-state index contributed by atoms with van der Waals surface area (Å²) in [4.78, 5) is 0. The van der Waals surface area contributed by atoms with Gasteiger partial charge < -0.3 is 13.8 Å². The molecule has 1 aliphatic rings. The fourth-order valence-electron chi connectivity index (χ4n) is 4.17. The highest BCUT2D eigenvalue weighted by atomic mass is 31.2. The Labute approximate surface area is 190 Å². The van der Waals surface area contributed by atoms with E-state index in [2.05, 4.69) is 24.3 Å². The molecule has 32 heavy (non-hydrogen) atoms. The molecule has 3 aromatic rings. The molecule has 5 heteroatoms. The van der Waals surface area contributed by atoms with Gasteiger partial charge in [-0.1, -0.05) is 90.5 Å². The van der Waals surface area contributed by atoms with Gasteiger partial charge in [-0.15, -0.1) is 0 Å². The van der Waals surface area contributed by atoms with E-state index >= 15 is 0 Å². The Balaban J connectivity index is 1.94. The number of hydrogen-bond acceptors (Lipinski definition) is 4. The third kappa shape index (κ3) is 4.19. The van der Waals surface area contributed by atoms with Crippen LogP contribution in [0.2, 0.25) is 0 Å². The number of hydrogen-bond donors (Lipinski definition) is 0. The monoisotopic (exact) mass is 448 g/mol. The smallest absolute Gasteiger partial charge is 0.361 e. The van der Waals surface area contributed by atoms with Crippen LogP contribution in [0.15, 0.2) is 90.2 Å². The molecule has 0 atom stereocenters. The van der Waals surface area contributed by atoms with Crippen molar-refractivity contribution in [2.45, 2.75) is 32.8 Å². The number of ether oxygens (including phenoxy) is 1. The molecule has 0 spiro atoms. The predicted molar refractivity (Wildman–Crippen MR) is 128 cm³/mol. The minimum absolute atomic E-state index is 0.283. The summed E-state index contributed by atoms with van der Waals surface area (Å²) in [6.45, 7) is 6.26. The van der Waals surface area contributed by atoms with Crippen LogP contribution in [0.3, 0.4) is 0 Å². The highest BCUT2D eigenvalue weighted by Gasteiger charge is 2.50. The minimum Gasteiger partial charge on any atom is -0.476 e. The lowest BCUT2D eigenvalue weighted by molar-refractivity contribution is 0.100. The molecule has 1 heterocycles. The zero-order chi connectivity index (χ0) is 22.6. The summed E-state index contributed by atoms with van der Waals surface area (Å²) in [5.74, 6) is 0.572. The molecule has 0 saturated heterocycles. The van der Waals surface area contributed by atoms with Gasteiger partial charge in [0.1, 0.15) is 5.76 Å². The molecule has 1 aliphatic heterocycles. The van der Waals surface area contributed by atoms with Crippen LogP contribution in [-0.2, 0) is 24.0 Å². The first-order valence-electron chi connectivity index (χ1n) is 11.0. The van der Waals surface area contributed by atoms with Crippen molar-refractivity contribution in [1.82, 2.24) is 0 Å². The molecule has 0 saturated carbocycles. The highest BCUT2D eigenvalue weighted by Crippen LogP contribution is 2.66. The molecule has 0 bridgehead atoms. The maximum atomic E-state index is 14.0. The van der Waals surface area contributed by atoms with Crippen LogP contribution in [0.25, 0.3) is 5.76 Å². The van der Waals surface area contributed by atoms with E-state index in [1.54, 1.807) is 0 Å². The second-order valence-electron chi connectivity index (χ2n) is 7.81. The van der Waals surface area contributed by atoms with Crippen LogP contribution >= 0.6 is 7.60 Å². The summed E-state index contributed by atoms with van der Waals surface area (Å²) in [5, 5.41) is 0.581. The van der Waals surface area contributed by atoms with Gasteiger partial charge in [-0.3, -0.25) is 4.57 Å². The van der Waals surface area contributed by atoms with Crippen LogP contribution < -0.4 is 0 Å². The van der Waals surface area contributed by atoms with Crippen molar-refractivity contribution < 1.29 is 18.3 Å². The number of benzene rings is 3. The SMILES string of the molecule is CCOP(=O)(OCC)C1=C(c2ccc(C)cc2)OC(c2ccccc2)(c2ccccc2)C1. The summed E-state index contributed by atoms with van der Waals surface area (Å²) in [6.07, 6.45) is 0.377. The molecule has 0 fully saturated rings. The van der Waals surface area contributed by atoms with Crippen molar-refractivity contribution in [1.29, 1.82) is 0 Å². The maximum absolute atomic E-state index is 14.0. The van der Waals surface area contributed by atoms with E-state index in [-0.39, 0.29) is 13.2 Å². The molecule has 4 rings (SSSR count). The molecule has 0 amide bonds. The van der Waals surface area contributed by atoms with Crippen molar-refractivity contribution in [2.75, 3.05) is 13.2 Å². The van der Waals surface area contributed by atoms with Gasteiger partial charge in [-0.2, -0.15) is 0 Å². The third-order valence-corrected chi connectivity index (χ3v) is 7.90. The van der Waals surface area contributed by atoms with Crippen LogP contribution in [0.5, 0.6) is 0 Å². The Morgan fingerprint density at radius 1 is 0.812 bits per heavy atom. The Kier molecular flexibility index (Phi) is 6.66. The zero-order valence-electron chi connectivity index (χ0n) is 18.8. The van der Waals surface area contributed by atoms with Crippen LogP contribution in [0.1, 0.15) is 42.5 Å². The lowest BCUT2D eigenvalue weighted by Gasteiger charge is -2.31. The summed E-state index contributed by atoms with van der Waals surface area (Å²) >= 11 is 0. The Bertz CT molecular complexity index is 1070. The average Bonchev–Trinajstić information content (AvgIpc) is 3.24. The van der Waals surface area contributed by atoms with Gasteiger partial charge in [0.2, 0.25) is 0 Å². The Morgan fingerprint density at radius 2 is 1.31 bits per heavy atom. The second kappa shape index (κ2) is 9.46. The van der Waals surface area contributed by atoms with Gasteiger partial charge in [0.15, 0.2) is 5.60 Å². The van der Waals surface area contributed by atoms with Gasteiger partial charge in [-0.25, -0.2) is 0 Å². The molecule has 166 valence electrons. The van der Waals surface area contributed by atoms with Crippen molar-refractivity contribution >= 4 is 13.4 Å². The average molecular weight is 448 g/mol. The lowest BCUT2D eigenvalue weighted by atomic mass is 9.84. The van der Waals surface area contributed by atoms with Crippen LogP contribution in [0.4, 0.5) is 0 Å². The number of rotatable bonds is 8. The molecule has 0 unspecified atom stereocenters. The van der Waals surface area contributed by atoms with E-state index in [0.29, 0.717) is 17.5 Å². The van der Waals surface area contributed by atoms with Gasteiger partial charge in [-0.05, 0) is 20.8 Å². The molecule has 0 N–H and O–H groups in total. The Hall–Kier alpha value is -2.65. The highest BCUT2D eigenvalue weighted by molar-refractivity contribution is 7.58. The number of aryl methyl sites for hydroxylation is 1. The standard InChI is InChI=1S/C27H29O4P/c1-4-29-32(28,30-5-2)25-20-27(23-12-8-6-9-13-23,24-14-10-7-11-15-24)31-26(25)22-18-16-21(3)17-19-22/h6-19H,4-5,20H2,1-3H3. The molecule has 3 aromatic carbocycles. The fourth-order valence-corrected chi connectivity index (χ4v) is 6.08. The van der Waals surface area contributed by atoms with Gasteiger partial charge >= 0.3 is 7.60 Å². The van der Waals surface area contributed by atoms with E-state index in [0.717, 1.165) is 22.3 Å². The van der Waals surface area contributed by atoms with E-state index in [9.17, 15) is 4.57 Å². The molecular weight excluding hydrogens is 419 g/mol. The largest absolute Gasteiger partial charge is 0.476 e. The normalized spacial score (nSPS) is 15.6. The first kappa shape index (κ1) is 22.5. The lowest BCUT2D eigenvalue weighted by Crippen LogP contribution is -2.27. The van der Waals surface area contributed by atoms with Gasteiger partial charge in [0, 0.05) is 23.1 Å². The summed E-state index contributed by atoms with van der Waals surface area (Å²) < 4.78 is 32.5. The Morgan fingerprint density at radius 3 is 1.78 bits per heavy atom. The van der Waals surface area contributed by atoms with Crippen LogP contribution in [-0.4, -0.2) is 13.2 Å².